The van der Waals surface area contributed by atoms with Crippen molar-refractivity contribution in [3.63, 3.8) is 0 Å². The number of halogens is 1. The number of nitrogens with one attached hydrogen (secondary N) is 1. The van der Waals surface area contributed by atoms with E-state index in [-0.39, 0.29) is 12.4 Å². The lowest BCUT2D eigenvalue weighted by Crippen LogP contribution is -2.01. The van der Waals surface area contributed by atoms with Crippen molar-refractivity contribution in [3.8, 4) is 0 Å². The molecule has 0 saturated carbocycles. The topological polar surface area (TPSA) is 62.3 Å². The van der Waals surface area contributed by atoms with E-state index in [2.05, 4.69) is 9.72 Å². The zero-order valence-corrected chi connectivity index (χ0v) is 9.50. The highest BCUT2D eigenvalue weighted by atomic mass is 19.1. The molecule has 4 nitrogen and oxygen atoms in total. The van der Waals surface area contributed by atoms with Gasteiger partial charge in [0, 0.05) is 22.2 Å². The standard InChI is InChI=1S/C12H12FNO3/c1-6-9(13)3-4-10-11(6)8(7(2)14-10)5-17-12(15)16/h3-4,14H,5H2,1-2H3,(H,15,16). The number of ether oxygens (including phenoxy) is 1. The number of aryl methyl sites for hydroxylation is 2. The summed E-state index contributed by atoms with van der Waals surface area (Å²) in [4.78, 5) is 13.5. The Morgan fingerprint density at radius 2 is 2.18 bits per heavy atom. The summed E-state index contributed by atoms with van der Waals surface area (Å²) in [5.41, 5.74) is 2.75. The van der Waals surface area contributed by atoms with Gasteiger partial charge in [-0.1, -0.05) is 0 Å². The van der Waals surface area contributed by atoms with Crippen molar-refractivity contribution in [1.82, 2.24) is 4.98 Å². The maximum Gasteiger partial charge on any atom is 0.506 e. The summed E-state index contributed by atoms with van der Waals surface area (Å²) >= 11 is 0. The second-order valence-corrected chi connectivity index (χ2v) is 3.88. The molecule has 90 valence electrons. The summed E-state index contributed by atoms with van der Waals surface area (Å²) < 4.78 is 18.0. The Kier molecular flexibility index (Phi) is 2.75. The van der Waals surface area contributed by atoms with Crippen molar-refractivity contribution in [2.24, 2.45) is 0 Å². The smallest absolute Gasteiger partial charge is 0.450 e. The first kappa shape index (κ1) is 11.4. The summed E-state index contributed by atoms with van der Waals surface area (Å²) in [6, 6.07) is 3.02. The zero-order valence-electron chi connectivity index (χ0n) is 9.50. The van der Waals surface area contributed by atoms with Crippen LogP contribution >= 0.6 is 0 Å². The van der Waals surface area contributed by atoms with Crippen LogP contribution in [0.4, 0.5) is 9.18 Å². The number of aromatic amines is 1. The molecule has 0 aliphatic heterocycles. The minimum Gasteiger partial charge on any atom is -0.450 e. The van der Waals surface area contributed by atoms with E-state index in [1.165, 1.54) is 6.07 Å². The predicted octanol–water partition coefficient (Wildman–Crippen LogP) is 3.12. The third kappa shape index (κ3) is 1.95. The molecule has 2 N–H and O–H groups in total. The van der Waals surface area contributed by atoms with Crippen LogP contribution in [0.5, 0.6) is 0 Å². The second-order valence-electron chi connectivity index (χ2n) is 3.88. The number of H-pyrrole nitrogens is 1. The number of rotatable bonds is 2. The molecule has 0 atom stereocenters. The molecular weight excluding hydrogens is 225 g/mol. The van der Waals surface area contributed by atoms with Crippen LogP contribution in [0.3, 0.4) is 0 Å². The van der Waals surface area contributed by atoms with E-state index < -0.39 is 6.16 Å². The molecule has 0 spiro atoms. The molecule has 2 aromatic rings. The lowest BCUT2D eigenvalue weighted by Gasteiger charge is -2.04. The highest BCUT2D eigenvalue weighted by Crippen LogP contribution is 2.27. The molecule has 5 heteroatoms. The van der Waals surface area contributed by atoms with Gasteiger partial charge in [-0.05, 0) is 31.5 Å². The average Bonchev–Trinajstić information content (AvgIpc) is 2.58. The van der Waals surface area contributed by atoms with E-state index in [4.69, 9.17) is 5.11 Å². The summed E-state index contributed by atoms with van der Waals surface area (Å²) in [6.45, 7) is 3.39. The van der Waals surface area contributed by atoms with Crippen LogP contribution in [-0.4, -0.2) is 16.2 Å². The first-order valence-electron chi connectivity index (χ1n) is 5.12. The Morgan fingerprint density at radius 3 is 2.82 bits per heavy atom. The number of fused-ring (bicyclic) bond motifs is 1. The van der Waals surface area contributed by atoms with Crippen LogP contribution in [0, 0.1) is 19.7 Å². The Hall–Kier alpha value is -2.04. The third-order valence-electron chi connectivity index (χ3n) is 2.82. The van der Waals surface area contributed by atoms with Gasteiger partial charge in [0.2, 0.25) is 0 Å². The molecule has 0 saturated heterocycles. The van der Waals surface area contributed by atoms with Crippen LogP contribution in [0.25, 0.3) is 10.9 Å². The molecule has 0 fully saturated rings. The highest BCUT2D eigenvalue weighted by Gasteiger charge is 2.14. The number of hydrogen-bond acceptors (Lipinski definition) is 2. The van der Waals surface area contributed by atoms with Gasteiger partial charge in [-0.2, -0.15) is 0 Å². The molecule has 0 unspecified atom stereocenters. The summed E-state index contributed by atoms with van der Waals surface area (Å²) in [5, 5.41) is 9.19. The van der Waals surface area contributed by atoms with Crippen molar-refractivity contribution < 1.29 is 19.0 Å². The number of aromatic nitrogens is 1. The van der Waals surface area contributed by atoms with Crippen molar-refractivity contribution in [3.05, 3.63) is 34.8 Å². The fraction of sp³-hybridized carbons (Fsp3) is 0.250. The van der Waals surface area contributed by atoms with Crippen molar-refractivity contribution in [1.29, 1.82) is 0 Å². The third-order valence-corrected chi connectivity index (χ3v) is 2.82. The van der Waals surface area contributed by atoms with E-state index in [1.807, 2.05) is 0 Å². The lowest BCUT2D eigenvalue weighted by atomic mass is 10.1. The van der Waals surface area contributed by atoms with E-state index in [1.54, 1.807) is 19.9 Å². The maximum absolute atomic E-state index is 13.5. The minimum absolute atomic E-state index is 0.0779. The average molecular weight is 237 g/mol. The molecule has 17 heavy (non-hydrogen) atoms. The van der Waals surface area contributed by atoms with E-state index >= 15 is 0 Å². The lowest BCUT2D eigenvalue weighted by molar-refractivity contribution is 0.0856. The van der Waals surface area contributed by atoms with Crippen LogP contribution in [0.15, 0.2) is 12.1 Å². The van der Waals surface area contributed by atoms with Crippen LogP contribution in [0.2, 0.25) is 0 Å². The molecule has 0 amide bonds. The second kappa shape index (κ2) is 4.08. The monoisotopic (exact) mass is 237 g/mol. The van der Waals surface area contributed by atoms with Crippen LogP contribution < -0.4 is 0 Å². The summed E-state index contributed by atoms with van der Waals surface area (Å²) in [5.74, 6) is -0.312. The Morgan fingerprint density at radius 1 is 1.47 bits per heavy atom. The molecule has 2 rings (SSSR count). The first-order valence-corrected chi connectivity index (χ1v) is 5.12. The number of benzene rings is 1. The molecule has 0 aliphatic rings. The quantitative estimate of drug-likeness (QED) is 0.789. The van der Waals surface area contributed by atoms with Gasteiger partial charge in [0.1, 0.15) is 12.4 Å². The Balaban J connectivity index is 2.56. The SMILES string of the molecule is Cc1[nH]c2ccc(F)c(C)c2c1COC(=O)O. The van der Waals surface area contributed by atoms with E-state index in [9.17, 15) is 9.18 Å². The van der Waals surface area contributed by atoms with Crippen molar-refractivity contribution in [2.45, 2.75) is 20.5 Å². The van der Waals surface area contributed by atoms with Gasteiger partial charge >= 0.3 is 6.16 Å². The molecule has 0 aliphatic carbocycles. The molecular formula is C12H12FNO3. The number of carbonyl (C=O) groups is 1. The molecule has 1 aromatic heterocycles. The van der Waals surface area contributed by atoms with Crippen LogP contribution in [-0.2, 0) is 11.3 Å². The summed E-state index contributed by atoms with van der Waals surface area (Å²) in [6.07, 6.45) is -1.34. The van der Waals surface area contributed by atoms with Gasteiger partial charge in [0.15, 0.2) is 0 Å². The van der Waals surface area contributed by atoms with Gasteiger partial charge in [-0.15, -0.1) is 0 Å². The highest BCUT2D eigenvalue weighted by molar-refractivity contribution is 5.88. The Bertz CT molecular complexity index is 589. The first-order chi connectivity index (χ1) is 8.00. The largest absolute Gasteiger partial charge is 0.506 e. The normalized spacial score (nSPS) is 10.8. The van der Waals surface area contributed by atoms with Gasteiger partial charge in [0.05, 0.1) is 0 Å². The molecule has 0 radical (unpaired) electrons. The van der Waals surface area contributed by atoms with Crippen molar-refractivity contribution in [2.75, 3.05) is 0 Å². The van der Waals surface area contributed by atoms with Gasteiger partial charge < -0.3 is 14.8 Å². The number of hydrogen-bond donors (Lipinski definition) is 2. The Labute approximate surface area is 97.0 Å². The van der Waals surface area contributed by atoms with Crippen LogP contribution in [0.1, 0.15) is 16.8 Å². The van der Waals surface area contributed by atoms with Crippen molar-refractivity contribution >= 4 is 17.1 Å². The number of carboxylic acid groups (broad SMARTS) is 1. The fourth-order valence-corrected chi connectivity index (χ4v) is 1.96. The van der Waals surface area contributed by atoms with Gasteiger partial charge in [0.25, 0.3) is 0 Å². The maximum atomic E-state index is 13.5. The van der Waals surface area contributed by atoms with Gasteiger partial charge in [-0.3, -0.25) is 0 Å². The minimum atomic E-state index is -1.34. The van der Waals surface area contributed by atoms with E-state index in [0.29, 0.717) is 16.5 Å². The molecule has 1 heterocycles. The fourth-order valence-electron chi connectivity index (χ4n) is 1.96. The summed E-state index contributed by atoms with van der Waals surface area (Å²) in [7, 11) is 0. The molecule has 0 bridgehead atoms. The van der Waals surface area contributed by atoms with Gasteiger partial charge in [-0.25, -0.2) is 9.18 Å². The predicted molar refractivity (Wildman–Crippen MR) is 60.5 cm³/mol. The van der Waals surface area contributed by atoms with E-state index in [0.717, 1.165) is 11.2 Å². The zero-order chi connectivity index (χ0) is 12.6. The molecule has 1 aromatic carbocycles.